The predicted molar refractivity (Wildman–Crippen MR) is 159 cm³/mol. The van der Waals surface area contributed by atoms with Gasteiger partial charge in [-0.15, -0.1) is 0 Å². The Balaban J connectivity index is 1.56. The highest BCUT2D eigenvalue weighted by Crippen LogP contribution is 2.21. The lowest BCUT2D eigenvalue weighted by molar-refractivity contribution is 0.133. The number of amides is 1. The largest absolute Gasteiger partial charge is 0.448 e. The molecule has 2 N–H and O–H groups in total. The summed E-state index contributed by atoms with van der Waals surface area (Å²) in [7, 11) is -1.83. The third-order valence-electron chi connectivity index (χ3n) is 7.00. The second kappa shape index (κ2) is 15.1. The maximum atomic E-state index is 13.2. The van der Waals surface area contributed by atoms with Gasteiger partial charge in [0.15, 0.2) is 0 Å². The number of imidazole rings is 1. The molecule has 10 heteroatoms. The number of carbonyl (C=O) groups is 1. The van der Waals surface area contributed by atoms with E-state index < -0.39 is 22.2 Å². The number of nitrogens with zero attached hydrogens (tertiary/aromatic N) is 3. The van der Waals surface area contributed by atoms with Crippen LogP contribution in [0.5, 0.6) is 0 Å². The Morgan fingerprint density at radius 3 is 2.45 bits per heavy atom. The van der Waals surface area contributed by atoms with E-state index in [9.17, 15) is 13.2 Å². The van der Waals surface area contributed by atoms with Gasteiger partial charge in [0.05, 0.1) is 22.1 Å². The van der Waals surface area contributed by atoms with E-state index in [0.29, 0.717) is 19.4 Å². The van der Waals surface area contributed by atoms with Crippen molar-refractivity contribution in [2.75, 3.05) is 13.2 Å². The number of hydrogen-bond acceptors (Lipinski definition) is 6. The molecule has 0 saturated carbocycles. The highest BCUT2D eigenvalue weighted by atomic mass is 32.2. The van der Waals surface area contributed by atoms with Gasteiger partial charge in [0.25, 0.3) is 0 Å². The van der Waals surface area contributed by atoms with Crippen LogP contribution in [0, 0.1) is 12.8 Å². The Kier molecular flexibility index (Phi) is 11.9. The molecule has 0 saturated heterocycles. The highest BCUT2D eigenvalue weighted by Gasteiger charge is 2.22. The second-order valence-corrected chi connectivity index (χ2v) is 12.6. The van der Waals surface area contributed by atoms with Crippen LogP contribution in [-0.4, -0.2) is 48.2 Å². The molecule has 1 aromatic carbocycles. The summed E-state index contributed by atoms with van der Waals surface area (Å²) >= 11 is 0. The minimum atomic E-state index is -3.80. The number of ether oxygens (including phenoxy) is 1. The van der Waals surface area contributed by atoms with Gasteiger partial charge in [0.2, 0.25) is 10.0 Å². The molecule has 40 heavy (non-hydrogen) atoms. The number of alkyl carbamates (subject to hydrolysis) is 1. The zero-order valence-corrected chi connectivity index (χ0v) is 25.4. The number of aryl methyl sites for hydroxylation is 2. The number of rotatable bonds is 16. The number of fused-ring (bicyclic) bond motifs is 1. The molecular weight excluding hydrogens is 526 g/mol. The molecule has 0 radical (unpaired) electrons. The van der Waals surface area contributed by atoms with Crippen LogP contribution in [-0.2, 0) is 28.2 Å². The summed E-state index contributed by atoms with van der Waals surface area (Å²) < 4.78 is 36.5. The number of benzene rings is 1. The van der Waals surface area contributed by atoms with E-state index in [1.165, 1.54) is 25.7 Å². The third-order valence-corrected chi connectivity index (χ3v) is 8.53. The summed E-state index contributed by atoms with van der Waals surface area (Å²) in [6, 6.07) is 8.21. The first-order chi connectivity index (χ1) is 19.1. The molecule has 220 valence electrons. The van der Waals surface area contributed by atoms with Crippen molar-refractivity contribution in [2.45, 2.75) is 90.0 Å². The normalized spacial score (nSPS) is 12.7. The van der Waals surface area contributed by atoms with Gasteiger partial charge < -0.3 is 14.6 Å². The maximum absolute atomic E-state index is 13.2. The number of nitrogens with one attached hydrogen (secondary N) is 2. The van der Waals surface area contributed by atoms with E-state index >= 15 is 0 Å². The van der Waals surface area contributed by atoms with Crippen LogP contribution in [0.3, 0.4) is 0 Å². The van der Waals surface area contributed by atoms with Gasteiger partial charge in [0, 0.05) is 26.2 Å². The molecule has 0 spiro atoms. The van der Waals surface area contributed by atoms with Gasteiger partial charge in [-0.1, -0.05) is 65.0 Å². The summed E-state index contributed by atoms with van der Waals surface area (Å²) in [6.45, 7) is 8.68. The lowest BCUT2D eigenvalue weighted by Gasteiger charge is -2.21. The van der Waals surface area contributed by atoms with Gasteiger partial charge in [-0.25, -0.2) is 22.9 Å². The fourth-order valence-electron chi connectivity index (χ4n) is 4.73. The number of carbonyl (C=O) groups excluding carboxylic acids is 1. The SMILES string of the molecule is CCCCCCCCNC(=O)OC[C@H](CC(C)C)NS(=O)(=O)c1ccc(Cc2nccc3c2nc(C)n3C)cc1. The lowest BCUT2D eigenvalue weighted by Crippen LogP contribution is -2.40. The summed E-state index contributed by atoms with van der Waals surface area (Å²) in [5.74, 6) is 1.13. The Hall–Kier alpha value is -2.98. The van der Waals surface area contributed by atoms with E-state index in [1.807, 2.05) is 38.5 Å². The molecule has 2 aromatic heterocycles. The van der Waals surface area contributed by atoms with Crippen molar-refractivity contribution in [3.05, 3.63) is 53.6 Å². The Morgan fingerprint density at radius 1 is 1.05 bits per heavy atom. The van der Waals surface area contributed by atoms with Crippen LogP contribution in [0.1, 0.15) is 82.8 Å². The van der Waals surface area contributed by atoms with E-state index in [4.69, 9.17) is 4.74 Å². The van der Waals surface area contributed by atoms with Crippen LogP contribution < -0.4 is 10.0 Å². The van der Waals surface area contributed by atoms with Gasteiger partial charge >= 0.3 is 6.09 Å². The molecule has 0 unspecified atom stereocenters. The smallest absolute Gasteiger partial charge is 0.407 e. The molecule has 0 fully saturated rings. The molecule has 3 aromatic rings. The monoisotopic (exact) mass is 571 g/mol. The molecule has 0 aliphatic heterocycles. The predicted octanol–water partition coefficient (Wildman–Crippen LogP) is 5.65. The van der Waals surface area contributed by atoms with E-state index in [0.717, 1.165) is 41.0 Å². The zero-order valence-electron chi connectivity index (χ0n) is 24.6. The van der Waals surface area contributed by atoms with Crippen molar-refractivity contribution in [1.29, 1.82) is 0 Å². The molecule has 1 atom stereocenters. The fourth-order valence-corrected chi connectivity index (χ4v) is 5.96. The first-order valence-corrected chi connectivity index (χ1v) is 15.9. The molecular formula is C30H45N5O4S. The summed E-state index contributed by atoms with van der Waals surface area (Å²) in [5, 5.41) is 2.77. The minimum absolute atomic E-state index is 0.0308. The van der Waals surface area contributed by atoms with Gasteiger partial charge in [-0.05, 0) is 49.4 Å². The summed E-state index contributed by atoms with van der Waals surface area (Å²) in [4.78, 5) is 21.5. The first kappa shape index (κ1) is 31.5. The minimum Gasteiger partial charge on any atom is -0.448 e. The Labute approximate surface area is 239 Å². The average Bonchev–Trinajstić information content (AvgIpc) is 3.21. The number of pyridine rings is 1. The number of aromatic nitrogens is 3. The van der Waals surface area contributed by atoms with Crippen molar-refractivity contribution in [2.24, 2.45) is 13.0 Å². The number of sulfonamides is 1. The highest BCUT2D eigenvalue weighted by molar-refractivity contribution is 7.89. The van der Waals surface area contributed by atoms with Crippen LogP contribution in [0.4, 0.5) is 4.79 Å². The first-order valence-electron chi connectivity index (χ1n) is 14.4. The number of unbranched alkanes of at least 4 members (excludes halogenated alkanes) is 5. The molecule has 0 aliphatic carbocycles. The van der Waals surface area contributed by atoms with Crippen molar-refractivity contribution in [3.63, 3.8) is 0 Å². The molecule has 2 heterocycles. The second-order valence-electron chi connectivity index (χ2n) is 10.9. The van der Waals surface area contributed by atoms with Crippen molar-refractivity contribution < 1.29 is 17.9 Å². The molecule has 0 aliphatic rings. The van der Waals surface area contributed by atoms with Crippen molar-refractivity contribution >= 4 is 27.1 Å². The van der Waals surface area contributed by atoms with E-state index in [-0.39, 0.29) is 17.4 Å². The van der Waals surface area contributed by atoms with Crippen LogP contribution >= 0.6 is 0 Å². The third kappa shape index (κ3) is 9.30. The topological polar surface area (TPSA) is 115 Å². The Morgan fingerprint density at radius 2 is 1.75 bits per heavy atom. The van der Waals surface area contributed by atoms with E-state index in [1.54, 1.807) is 30.5 Å². The fraction of sp³-hybridized carbons (Fsp3) is 0.567. The maximum Gasteiger partial charge on any atom is 0.407 e. The van der Waals surface area contributed by atoms with Crippen molar-refractivity contribution in [1.82, 2.24) is 24.6 Å². The zero-order chi connectivity index (χ0) is 29.1. The lowest BCUT2D eigenvalue weighted by atomic mass is 10.1. The quantitative estimate of drug-likeness (QED) is 0.215. The standard InChI is InChI=1S/C30H45N5O4S/c1-6-7-8-9-10-11-17-32-30(36)39-21-25(19-22(2)3)34-40(37,38)26-14-12-24(13-15-26)20-27-29-28(16-18-31-27)35(5)23(4)33-29/h12-16,18,22,25,34H,6-11,17,19-21H2,1-5H3,(H,32,36)/t25-/m0/s1. The molecule has 0 bridgehead atoms. The molecule has 9 nitrogen and oxygen atoms in total. The summed E-state index contributed by atoms with van der Waals surface area (Å²) in [5.41, 5.74) is 3.65. The van der Waals surface area contributed by atoms with Gasteiger partial charge in [-0.3, -0.25) is 4.98 Å². The van der Waals surface area contributed by atoms with Crippen LogP contribution in [0.25, 0.3) is 11.0 Å². The Bertz CT molecular complexity index is 1340. The molecule has 3 rings (SSSR count). The van der Waals surface area contributed by atoms with Gasteiger partial charge in [0.1, 0.15) is 17.9 Å². The van der Waals surface area contributed by atoms with Crippen molar-refractivity contribution in [3.8, 4) is 0 Å². The van der Waals surface area contributed by atoms with Crippen LogP contribution in [0.15, 0.2) is 41.4 Å². The van der Waals surface area contributed by atoms with E-state index in [2.05, 4.69) is 26.9 Å². The average molecular weight is 572 g/mol. The summed E-state index contributed by atoms with van der Waals surface area (Å²) in [6.07, 6.45) is 9.16. The molecule has 1 amide bonds. The van der Waals surface area contributed by atoms with Gasteiger partial charge in [-0.2, -0.15) is 0 Å². The number of hydrogen-bond donors (Lipinski definition) is 2. The van der Waals surface area contributed by atoms with Crippen LogP contribution in [0.2, 0.25) is 0 Å².